The third kappa shape index (κ3) is 5.42. The van der Waals surface area contributed by atoms with E-state index in [1.807, 2.05) is 0 Å². The van der Waals surface area contributed by atoms with Crippen molar-refractivity contribution in [2.45, 2.75) is 55.5 Å². The summed E-state index contributed by atoms with van der Waals surface area (Å²) in [6.45, 7) is -1.15. The minimum atomic E-state index is -4.93. The number of imidazole rings is 1. The summed E-state index contributed by atoms with van der Waals surface area (Å²) in [5, 5.41) is 42.3. The van der Waals surface area contributed by atoms with Gasteiger partial charge < -0.3 is 45.1 Å². The van der Waals surface area contributed by atoms with Gasteiger partial charge in [-0.05, 0) is 6.07 Å². The number of rotatable bonds is 9. The van der Waals surface area contributed by atoms with E-state index in [0.29, 0.717) is 11.0 Å². The van der Waals surface area contributed by atoms with E-state index in [1.165, 1.54) is 10.9 Å². The molecular formula is C22H26ClN8O11P. The van der Waals surface area contributed by atoms with Crippen LogP contribution in [0.1, 0.15) is 18.9 Å². The first-order chi connectivity index (χ1) is 20.5. The number of fused-ring (bicyclic) bond motifs is 2. The van der Waals surface area contributed by atoms with Crippen molar-refractivity contribution in [3.63, 3.8) is 0 Å². The number of H-pyrrole nitrogens is 1. The quantitative estimate of drug-likeness (QED) is 0.0811. The topological polar surface area (TPSA) is 275 Å². The summed E-state index contributed by atoms with van der Waals surface area (Å²) in [5.41, 5.74) is 5.15. The predicted molar refractivity (Wildman–Crippen MR) is 143 cm³/mol. The van der Waals surface area contributed by atoms with Crippen LogP contribution in [-0.2, 0) is 23.1 Å². The number of phosphoric acid groups is 1. The highest BCUT2D eigenvalue weighted by Crippen LogP contribution is 2.49. The molecule has 21 heteroatoms. The van der Waals surface area contributed by atoms with Crippen LogP contribution in [0.4, 0.5) is 5.95 Å². The van der Waals surface area contributed by atoms with Gasteiger partial charge in [0.25, 0.3) is 5.56 Å². The standard InChI is InChI=1S/C22H26ClN8O11P/c23-16-8-1-3-30(17(8)26-6-25-16)20-14(35)12(33)9(40-20)2-4-39-43(37,38)42-15-13(34)10(5-32)41-21(15)31-7-27-11-18(31)28-22(24)29-19(11)36/h1,3,6-7,9-10,12-15,20-21,32-35H,2,4-5H2,(H,37,38)(H3,24,28,29,36)/t9-,10?,12-,13-,14-,15-,20-,21-/m1/s1. The molecule has 2 saturated heterocycles. The molecule has 6 heterocycles. The maximum atomic E-state index is 12.9. The third-order valence-corrected chi connectivity index (χ3v) is 8.52. The number of hydrogen-bond acceptors (Lipinski definition) is 15. The number of nitrogens with two attached hydrogens (primary N) is 1. The first-order valence-corrected chi connectivity index (χ1v) is 14.7. The van der Waals surface area contributed by atoms with Crippen molar-refractivity contribution < 1.29 is 48.4 Å². The number of aliphatic hydroxyl groups is 4. The molecule has 0 bridgehead atoms. The highest BCUT2D eigenvalue weighted by Gasteiger charge is 2.50. The SMILES string of the molecule is Nc1nc2c(ncn2[C@@H]2OC(CO)[C@@H](O)[C@H]2OP(=O)(O)OCC[C@H]2O[C@@H](n3ccc4c(Cl)ncnc43)[C@H](O)[C@@H]2O)c(=O)[nH]1. The van der Waals surface area contributed by atoms with Crippen molar-refractivity contribution in [3.05, 3.63) is 40.4 Å². The molecule has 2 aliphatic rings. The molecule has 2 aliphatic heterocycles. The number of aromatic amines is 1. The minimum absolute atomic E-state index is 0.0657. The van der Waals surface area contributed by atoms with Gasteiger partial charge in [-0.3, -0.25) is 23.4 Å². The van der Waals surface area contributed by atoms with Crippen molar-refractivity contribution >= 4 is 47.6 Å². The zero-order chi connectivity index (χ0) is 30.6. The van der Waals surface area contributed by atoms with Gasteiger partial charge in [0.1, 0.15) is 47.6 Å². The predicted octanol–water partition coefficient (Wildman–Crippen LogP) is -1.44. The molecule has 2 unspecified atom stereocenters. The second-order valence-electron chi connectivity index (χ2n) is 9.85. The van der Waals surface area contributed by atoms with E-state index < -0.39 is 75.7 Å². The maximum Gasteiger partial charge on any atom is 0.472 e. The van der Waals surface area contributed by atoms with E-state index in [9.17, 15) is 34.7 Å². The van der Waals surface area contributed by atoms with Crippen LogP contribution in [0.3, 0.4) is 0 Å². The monoisotopic (exact) mass is 644 g/mol. The molecule has 9 atom stereocenters. The van der Waals surface area contributed by atoms with Crippen LogP contribution in [0.15, 0.2) is 29.7 Å². The van der Waals surface area contributed by atoms with Crippen LogP contribution in [0.25, 0.3) is 22.2 Å². The van der Waals surface area contributed by atoms with Gasteiger partial charge in [0.15, 0.2) is 23.6 Å². The smallest absolute Gasteiger partial charge is 0.394 e. The van der Waals surface area contributed by atoms with Gasteiger partial charge in [0, 0.05) is 12.6 Å². The van der Waals surface area contributed by atoms with E-state index in [2.05, 4.69) is 24.9 Å². The van der Waals surface area contributed by atoms with Crippen LogP contribution in [0.5, 0.6) is 0 Å². The molecule has 4 aromatic heterocycles. The van der Waals surface area contributed by atoms with Gasteiger partial charge in [0.2, 0.25) is 5.95 Å². The highest BCUT2D eigenvalue weighted by molar-refractivity contribution is 7.47. The Morgan fingerprint density at radius 3 is 2.60 bits per heavy atom. The van der Waals surface area contributed by atoms with Crippen molar-refractivity contribution in [3.8, 4) is 0 Å². The summed E-state index contributed by atoms with van der Waals surface area (Å²) in [6, 6.07) is 1.63. The lowest BCUT2D eigenvalue weighted by molar-refractivity contribution is -0.0528. The Kier molecular flexibility index (Phi) is 7.98. The molecule has 0 amide bonds. The molecule has 0 radical (unpaired) electrons. The second kappa shape index (κ2) is 11.5. The van der Waals surface area contributed by atoms with Crippen LogP contribution in [0.2, 0.25) is 5.15 Å². The van der Waals surface area contributed by atoms with E-state index in [1.54, 1.807) is 12.3 Å². The molecule has 0 aliphatic carbocycles. The number of aromatic nitrogens is 7. The Morgan fingerprint density at radius 2 is 1.84 bits per heavy atom. The van der Waals surface area contributed by atoms with Crippen molar-refractivity contribution in [2.24, 2.45) is 0 Å². The van der Waals surface area contributed by atoms with E-state index in [-0.39, 0.29) is 28.7 Å². The maximum absolute atomic E-state index is 12.9. The molecule has 2 fully saturated rings. The Labute approximate surface area is 245 Å². The Morgan fingerprint density at radius 1 is 1.07 bits per heavy atom. The molecule has 232 valence electrons. The molecule has 0 saturated carbocycles. The van der Waals surface area contributed by atoms with E-state index >= 15 is 0 Å². The number of hydrogen-bond donors (Lipinski definition) is 7. The minimum Gasteiger partial charge on any atom is -0.394 e. The molecular weight excluding hydrogens is 619 g/mol. The molecule has 43 heavy (non-hydrogen) atoms. The lowest BCUT2D eigenvalue weighted by atomic mass is 10.1. The van der Waals surface area contributed by atoms with Crippen LogP contribution >= 0.6 is 19.4 Å². The first-order valence-electron chi connectivity index (χ1n) is 12.8. The van der Waals surface area contributed by atoms with Crippen molar-refractivity contribution in [2.75, 3.05) is 18.9 Å². The summed E-state index contributed by atoms with van der Waals surface area (Å²) in [7, 11) is -4.93. The van der Waals surface area contributed by atoms with Gasteiger partial charge in [-0.25, -0.2) is 19.5 Å². The Bertz CT molecular complexity index is 1750. The normalized spacial score (nSPS) is 30.8. The Balaban J connectivity index is 1.13. The van der Waals surface area contributed by atoms with E-state index in [0.717, 1.165) is 10.9 Å². The Hall–Kier alpha value is -3.07. The summed E-state index contributed by atoms with van der Waals surface area (Å²) < 4.78 is 37.4. The molecule has 19 nitrogen and oxygen atoms in total. The van der Waals surface area contributed by atoms with Gasteiger partial charge in [-0.1, -0.05) is 11.6 Å². The lowest BCUT2D eigenvalue weighted by Gasteiger charge is -2.24. The molecule has 0 aromatic carbocycles. The summed E-state index contributed by atoms with van der Waals surface area (Å²) in [5.74, 6) is -0.240. The van der Waals surface area contributed by atoms with Crippen LogP contribution in [0, 0.1) is 0 Å². The van der Waals surface area contributed by atoms with E-state index in [4.69, 9.17) is 35.9 Å². The average molecular weight is 645 g/mol. The largest absolute Gasteiger partial charge is 0.472 e. The summed E-state index contributed by atoms with van der Waals surface area (Å²) in [6.07, 6.45) is -6.87. The number of aliphatic hydroxyl groups excluding tert-OH is 4. The molecule has 0 spiro atoms. The van der Waals surface area contributed by atoms with Crippen LogP contribution in [-0.4, -0.2) is 109 Å². The zero-order valence-corrected chi connectivity index (χ0v) is 23.5. The van der Waals surface area contributed by atoms with Gasteiger partial charge in [-0.2, -0.15) is 4.98 Å². The lowest BCUT2D eigenvalue weighted by Crippen LogP contribution is -2.35. The number of ether oxygens (including phenoxy) is 2. The fourth-order valence-corrected chi connectivity index (χ4v) is 6.27. The molecule has 4 aromatic rings. The van der Waals surface area contributed by atoms with Crippen molar-refractivity contribution in [1.82, 2.24) is 34.1 Å². The second-order valence-corrected chi connectivity index (χ2v) is 11.6. The average Bonchev–Trinajstić information content (AvgIpc) is 3.71. The first kappa shape index (κ1) is 30.0. The number of phosphoric ester groups is 1. The number of halogens is 1. The van der Waals surface area contributed by atoms with Gasteiger partial charge >= 0.3 is 7.82 Å². The summed E-state index contributed by atoms with van der Waals surface area (Å²) >= 11 is 6.09. The fraction of sp³-hybridized carbons (Fsp3) is 0.500. The summed E-state index contributed by atoms with van der Waals surface area (Å²) in [4.78, 5) is 40.9. The molecule has 8 N–H and O–H groups in total. The molecule has 6 rings (SSSR count). The number of nitrogens with zero attached hydrogens (tertiary/aromatic N) is 6. The number of anilines is 1. The zero-order valence-electron chi connectivity index (χ0n) is 21.8. The van der Waals surface area contributed by atoms with Crippen molar-refractivity contribution in [1.29, 1.82) is 0 Å². The number of nitrogens with one attached hydrogen (secondary N) is 1. The van der Waals surface area contributed by atoms with Crippen LogP contribution < -0.4 is 11.3 Å². The highest BCUT2D eigenvalue weighted by atomic mass is 35.5. The van der Waals surface area contributed by atoms with Gasteiger partial charge in [-0.15, -0.1) is 0 Å². The third-order valence-electron chi connectivity index (χ3n) is 7.20. The van der Waals surface area contributed by atoms with Gasteiger partial charge in [0.05, 0.1) is 31.0 Å². The fourth-order valence-electron chi connectivity index (χ4n) is 5.15. The number of nitrogen functional groups attached to an aromatic ring is 1.